The fraction of sp³-hybridized carbons (Fsp3) is 0.300. The molecule has 0 heterocycles. The third kappa shape index (κ3) is 2.01. The number of aliphatic carboxylic acids is 1. The molecule has 1 rings (SSSR count). The number of carboxylic acid groups (broad SMARTS) is 1. The molecule has 0 aliphatic rings. The Morgan fingerprint density at radius 3 is 2.71 bits per heavy atom. The highest BCUT2D eigenvalue weighted by atomic mass is 32.1. The molecule has 0 fully saturated rings. The van der Waals surface area contributed by atoms with Crippen molar-refractivity contribution in [2.75, 3.05) is 7.11 Å². The highest BCUT2D eigenvalue weighted by Crippen LogP contribution is 2.30. The van der Waals surface area contributed by atoms with Crippen molar-refractivity contribution in [3.8, 4) is 5.75 Å². The van der Waals surface area contributed by atoms with Gasteiger partial charge < -0.3 is 9.84 Å². The van der Waals surface area contributed by atoms with Crippen molar-refractivity contribution in [2.24, 2.45) is 0 Å². The average molecular weight is 212 g/mol. The number of ether oxygens (including phenoxy) is 1. The van der Waals surface area contributed by atoms with E-state index in [4.69, 9.17) is 9.84 Å². The van der Waals surface area contributed by atoms with E-state index in [1.807, 2.05) is 0 Å². The van der Waals surface area contributed by atoms with Gasteiger partial charge in [-0.25, -0.2) is 0 Å². The standard InChI is InChI=1S/C10H12O3S/c1-10(14,9(11)12)7-4-3-5-8(6-7)13-2/h3-6,14H,1-2H3,(H,11,12). The summed E-state index contributed by atoms with van der Waals surface area (Å²) in [7, 11) is 1.54. The van der Waals surface area contributed by atoms with E-state index in [9.17, 15) is 4.79 Å². The number of benzene rings is 1. The van der Waals surface area contributed by atoms with Crippen LogP contribution >= 0.6 is 12.6 Å². The van der Waals surface area contributed by atoms with Crippen LogP contribution in [0.1, 0.15) is 12.5 Å². The number of hydrogen-bond donors (Lipinski definition) is 2. The Balaban J connectivity index is 3.12. The third-order valence-electron chi connectivity index (χ3n) is 2.05. The van der Waals surface area contributed by atoms with Gasteiger partial charge in [-0.2, -0.15) is 12.6 Å². The number of hydrogen-bond acceptors (Lipinski definition) is 3. The summed E-state index contributed by atoms with van der Waals surface area (Å²) in [5.41, 5.74) is 0.604. The first-order chi connectivity index (χ1) is 6.48. The first-order valence-corrected chi connectivity index (χ1v) is 4.53. The molecule has 1 atom stereocenters. The molecule has 0 amide bonds. The van der Waals surface area contributed by atoms with Crippen molar-refractivity contribution in [2.45, 2.75) is 11.7 Å². The molecule has 4 heteroatoms. The molecule has 76 valence electrons. The molecule has 0 saturated heterocycles. The summed E-state index contributed by atoms with van der Waals surface area (Å²) >= 11 is 4.10. The molecule has 1 aromatic rings. The van der Waals surface area contributed by atoms with E-state index >= 15 is 0 Å². The van der Waals surface area contributed by atoms with Crippen molar-refractivity contribution in [1.29, 1.82) is 0 Å². The minimum Gasteiger partial charge on any atom is -0.497 e. The molecule has 0 aliphatic heterocycles. The van der Waals surface area contributed by atoms with E-state index in [0.717, 1.165) is 0 Å². The molecule has 1 N–H and O–H groups in total. The fourth-order valence-corrected chi connectivity index (χ4v) is 1.19. The van der Waals surface area contributed by atoms with Crippen LogP contribution in [-0.2, 0) is 9.54 Å². The normalized spacial score (nSPS) is 14.5. The van der Waals surface area contributed by atoms with Crippen molar-refractivity contribution >= 4 is 18.6 Å². The summed E-state index contributed by atoms with van der Waals surface area (Å²) in [5, 5.41) is 8.94. The zero-order valence-electron chi connectivity index (χ0n) is 8.02. The fourth-order valence-electron chi connectivity index (χ4n) is 1.05. The van der Waals surface area contributed by atoms with Gasteiger partial charge in [-0.1, -0.05) is 12.1 Å². The molecule has 0 spiro atoms. The smallest absolute Gasteiger partial charge is 0.323 e. The lowest BCUT2D eigenvalue weighted by Gasteiger charge is -2.18. The minimum absolute atomic E-state index is 0.604. The highest BCUT2D eigenvalue weighted by Gasteiger charge is 2.30. The maximum absolute atomic E-state index is 10.9. The van der Waals surface area contributed by atoms with Crippen LogP contribution in [0.25, 0.3) is 0 Å². The van der Waals surface area contributed by atoms with Crippen LogP contribution in [0.15, 0.2) is 24.3 Å². The Morgan fingerprint density at radius 1 is 1.57 bits per heavy atom. The molecule has 0 bridgehead atoms. The topological polar surface area (TPSA) is 46.5 Å². The SMILES string of the molecule is COc1cccc(C(C)(S)C(=O)O)c1. The molecular weight excluding hydrogens is 200 g/mol. The summed E-state index contributed by atoms with van der Waals surface area (Å²) in [6, 6.07) is 6.88. The second-order valence-electron chi connectivity index (χ2n) is 3.11. The number of carbonyl (C=O) groups is 1. The van der Waals surface area contributed by atoms with Gasteiger partial charge in [0.05, 0.1) is 7.11 Å². The number of thiol groups is 1. The van der Waals surface area contributed by atoms with Crippen LogP contribution < -0.4 is 4.74 Å². The predicted octanol–water partition coefficient (Wildman–Crippen LogP) is 1.92. The lowest BCUT2D eigenvalue weighted by molar-refractivity contribution is -0.139. The van der Waals surface area contributed by atoms with Gasteiger partial charge in [-0.15, -0.1) is 0 Å². The van der Waals surface area contributed by atoms with Crippen molar-refractivity contribution in [1.82, 2.24) is 0 Å². The van der Waals surface area contributed by atoms with Crippen molar-refractivity contribution < 1.29 is 14.6 Å². The van der Waals surface area contributed by atoms with Gasteiger partial charge in [0.15, 0.2) is 0 Å². The summed E-state index contributed by atoms with van der Waals surface area (Å²) in [5.74, 6) is -0.349. The monoisotopic (exact) mass is 212 g/mol. The summed E-state index contributed by atoms with van der Waals surface area (Å²) < 4.78 is 3.82. The highest BCUT2D eigenvalue weighted by molar-refractivity contribution is 7.82. The first kappa shape index (κ1) is 10.9. The van der Waals surface area contributed by atoms with Crippen molar-refractivity contribution in [3.63, 3.8) is 0 Å². The molecule has 0 aliphatic carbocycles. The Hall–Kier alpha value is -1.16. The Labute approximate surface area is 88.1 Å². The molecule has 0 aromatic heterocycles. The quantitative estimate of drug-likeness (QED) is 0.752. The van der Waals surface area contributed by atoms with Gasteiger partial charge in [0.2, 0.25) is 0 Å². The van der Waals surface area contributed by atoms with E-state index in [2.05, 4.69) is 12.6 Å². The number of rotatable bonds is 3. The predicted molar refractivity (Wildman–Crippen MR) is 57.0 cm³/mol. The Kier molecular flexibility index (Phi) is 3.06. The van der Waals surface area contributed by atoms with Gasteiger partial charge in [-0.05, 0) is 24.6 Å². The zero-order chi connectivity index (χ0) is 10.8. The molecule has 1 aromatic carbocycles. The first-order valence-electron chi connectivity index (χ1n) is 4.09. The molecular formula is C10H12O3S. The van der Waals surface area contributed by atoms with Crippen molar-refractivity contribution in [3.05, 3.63) is 29.8 Å². The van der Waals surface area contributed by atoms with Crippen LogP contribution in [0.4, 0.5) is 0 Å². The molecule has 14 heavy (non-hydrogen) atoms. The lowest BCUT2D eigenvalue weighted by Crippen LogP contribution is -2.25. The average Bonchev–Trinajstić information content (AvgIpc) is 2.17. The Bertz CT molecular complexity index is 347. The lowest BCUT2D eigenvalue weighted by atomic mass is 10.0. The second kappa shape index (κ2) is 3.92. The van der Waals surface area contributed by atoms with Gasteiger partial charge in [0, 0.05) is 0 Å². The van der Waals surface area contributed by atoms with Gasteiger partial charge in [0.1, 0.15) is 10.5 Å². The second-order valence-corrected chi connectivity index (χ2v) is 4.00. The molecule has 1 unspecified atom stereocenters. The maximum Gasteiger partial charge on any atom is 0.323 e. The van der Waals surface area contributed by atoms with Crippen LogP contribution in [0.2, 0.25) is 0 Å². The van der Waals surface area contributed by atoms with Crippen LogP contribution in [0.3, 0.4) is 0 Å². The van der Waals surface area contributed by atoms with Gasteiger partial charge in [-0.3, -0.25) is 4.79 Å². The minimum atomic E-state index is -1.19. The number of methoxy groups -OCH3 is 1. The molecule has 0 radical (unpaired) electrons. The zero-order valence-corrected chi connectivity index (χ0v) is 8.91. The van der Waals surface area contributed by atoms with E-state index < -0.39 is 10.7 Å². The summed E-state index contributed by atoms with van der Waals surface area (Å²) in [6.45, 7) is 1.53. The van der Waals surface area contributed by atoms with E-state index in [1.54, 1.807) is 24.3 Å². The summed E-state index contributed by atoms with van der Waals surface area (Å²) in [6.07, 6.45) is 0. The third-order valence-corrected chi connectivity index (χ3v) is 2.50. The van der Waals surface area contributed by atoms with E-state index in [1.165, 1.54) is 14.0 Å². The van der Waals surface area contributed by atoms with E-state index in [0.29, 0.717) is 11.3 Å². The molecule has 3 nitrogen and oxygen atoms in total. The summed E-state index contributed by atoms with van der Waals surface area (Å²) in [4.78, 5) is 10.9. The van der Waals surface area contributed by atoms with Crippen LogP contribution in [-0.4, -0.2) is 18.2 Å². The maximum atomic E-state index is 10.9. The van der Waals surface area contributed by atoms with Crippen LogP contribution in [0.5, 0.6) is 5.75 Å². The van der Waals surface area contributed by atoms with Gasteiger partial charge >= 0.3 is 5.97 Å². The van der Waals surface area contributed by atoms with E-state index in [-0.39, 0.29) is 0 Å². The molecule has 0 saturated carbocycles. The van der Waals surface area contributed by atoms with Crippen LogP contribution in [0, 0.1) is 0 Å². The largest absolute Gasteiger partial charge is 0.497 e. The van der Waals surface area contributed by atoms with Gasteiger partial charge in [0.25, 0.3) is 0 Å². The Morgan fingerprint density at radius 2 is 2.21 bits per heavy atom. The number of carboxylic acids is 1.